The second-order valence-corrected chi connectivity index (χ2v) is 9.12. The molecule has 0 radical (unpaired) electrons. The molecule has 0 saturated heterocycles. The Morgan fingerprint density at radius 3 is 2.43 bits per heavy atom. The van der Waals surface area contributed by atoms with Gasteiger partial charge in [-0.2, -0.15) is 4.63 Å². The number of nitrogens with zero attached hydrogens (tertiary/aromatic N) is 3. The third-order valence-corrected chi connectivity index (χ3v) is 5.71. The molecule has 2 aromatic heterocycles. The van der Waals surface area contributed by atoms with Crippen LogP contribution >= 0.6 is 11.8 Å². The van der Waals surface area contributed by atoms with Crippen LogP contribution in [0.4, 0.5) is 0 Å². The van der Waals surface area contributed by atoms with Crippen molar-refractivity contribution in [1.29, 1.82) is 0 Å². The van der Waals surface area contributed by atoms with Crippen molar-refractivity contribution in [3.8, 4) is 11.4 Å². The Balaban J connectivity index is 1.62. The van der Waals surface area contributed by atoms with E-state index in [9.17, 15) is 0 Å². The third kappa shape index (κ3) is 3.59. The number of hydrogen-bond donors (Lipinski definition) is 1. The third-order valence-electron chi connectivity index (χ3n) is 4.91. The molecule has 144 valence electrons. The zero-order valence-corrected chi connectivity index (χ0v) is 17.9. The Hall–Kier alpha value is -2.53. The first kappa shape index (κ1) is 18.8. The van der Waals surface area contributed by atoms with Gasteiger partial charge >= 0.3 is 0 Å². The number of fused-ring (bicyclic) bond motifs is 1. The van der Waals surface area contributed by atoms with Crippen molar-refractivity contribution in [2.45, 2.75) is 44.4 Å². The summed E-state index contributed by atoms with van der Waals surface area (Å²) in [5.41, 5.74) is 7.06. The number of nitrogens with one attached hydrogen (secondary N) is 1. The molecule has 0 fully saturated rings. The van der Waals surface area contributed by atoms with E-state index in [-0.39, 0.29) is 5.41 Å². The van der Waals surface area contributed by atoms with Crippen molar-refractivity contribution in [2.24, 2.45) is 0 Å². The minimum absolute atomic E-state index is 0.0261. The molecule has 2 heterocycles. The average Bonchev–Trinajstić information content (AvgIpc) is 3.20. The number of benzene rings is 2. The standard InChI is InChI=1S/C23H26N4S/c1-15-7-6-8-17(13-15)14-16-9-11-18(12-10-16)21-24-22-19(28-5)20(23(2,3)4)25-27(22)26-21/h6-13,25H,14H2,1-5H3. The van der Waals surface area contributed by atoms with Gasteiger partial charge in [-0.25, -0.2) is 4.98 Å². The van der Waals surface area contributed by atoms with Crippen LogP contribution in [-0.2, 0) is 11.8 Å². The smallest absolute Gasteiger partial charge is 0.189 e. The van der Waals surface area contributed by atoms with Crippen LogP contribution in [0.5, 0.6) is 0 Å². The number of aromatic amines is 1. The number of rotatable bonds is 4. The van der Waals surface area contributed by atoms with Gasteiger partial charge in [-0.15, -0.1) is 16.9 Å². The lowest BCUT2D eigenvalue weighted by Gasteiger charge is -2.17. The van der Waals surface area contributed by atoms with Crippen LogP contribution < -0.4 is 0 Å². The molecule has 1 N–H and O–H groups in total. The van der Waals surface area contributed by atoms with Crippen LogP contribution in [0.2, 0.25) is 0 Å². The van der Waals surface area contributed by atoms with Crippen molar-refractivity contribution in [3.05, 3.63) is 70.9 Å². The van der Waals surface area contributed by atoms with E-state index >= 15 is 0 Å². The normalized spacial score (nSPS) is 12.0. The Morgan fingerprint density at radius 1 is 1.04 bits per heavy atom. The summed E-state index contributed by atoms with van der Waals surface area (Å²) in [7, 11) is 0. The van der Waals surface area contributed by atoms with Crippen molar-refractivity contribution in [1.82, 2.24) is 19.8 Å². The maximum atomic E-state index is 4.81. The van der Waals surface area contributed by atoms with Crippen LogP contribution in [0, 0.1) is 6.92 Å². The lowest BCUT2D eigenvalue weighted by atomic mass is 9.92. The van der Waals surface area contributed by atoms with E-state index in [1.54, 1.807) is 11.8 Å². The first-order chi connectivity index (χ1) is 13.3. The molecule has 5 heteroatoms. The highest BCUT2D eigenvalue weighted by Crippen LogP contribution is 2.34. The van der Waals surface area contributed by atoms with Crippen LogP contribution in [-0.4, -0.2) is 26.1 Å². The lowest BCUT2D eigenvalue weighted by Crippen LogP contribution is -2.13. The minimum atomic E-state index is 0.0261. The SMILES string of the molecule is CSc1c(C(C)(C)C)[nH]n2nc(-c3ccc(Cc4cccc(C)c4)cc3)nc12. The number of aromatic nitrogens is 4. The Bertz CT molecular complexity index is 1110. The van der Waals surface area contributed by atoms with E-state index in [1.165, 1.54) is 27.3 Å². The quantitative estimate of drug-likeness (QED) is 0.459. The zero-order chi connectivity index (χ0) is 19.9. The molecule has 0 aliphatic heterocycles. The lowest BCUT2D eigenvalue weighted by molar-refractivity contribution is 0.547. The number of aryl methyl sites for hydroxylation is 1. The summed E-state index contributed by atoms with van der Waals surface area (Å²) < 4.78 is 1.81. The molecule has 0 aliphatic carbocycles. The zero-order valence-electron chi connectivity index (χ0n) is 17.1. The second kappa shape index (κ2) is 7.13. The summed E-state index contributed by atoms with van der Waals surface area (Å²) in [5.74, 6) is 0.754. The Labute approximate surface area is 170 Å². The van der Waals surface area contributed by atoms with Crippen LogP contribution in [0.3, 0.4) is 0 Å². The van der Waals surface area contributed by atoms with E-state index in [0.717, 1.165) is 23.5 Å². The molecular weight excluding hydrogens is 364 g/mol. The largest absolute Gasteiger partial charge is 0.279 e. The molecule has 0 saturated carbocycles. The van der Waals surface area contributed by atoms with Crippen molar-refractivity contribution >= 4 is 17.4 Å². The Kier molecular flexibility index (Phi) is 4.79. The second-order valence-electron chi connectivity index (χ2n) is 8.30. The number of thioether (sulfide) groups is 1. The van der Waals surface area contributed by atoms with Gasteiger partial charge in [0.05, 0.1) is 10.6 Å². The molecule has 28 heavy (non-hydrogen) atoms. The van der Waals surface area contributed by atoms with Gasteiger partial charge in [0, 0.05) is 11.0 Å². The number of hydrogen-bond acceptors (Lipinski definition) is 3. The van der Waals surface area contributed by atoms with E-state index < -0.39 is 0 Å². The van der Waals surface area contributed by atoms with Crippen LogP contribution in [0.25, 0.3) is 17.0 Å². The molecular formula is C23H26N4S. The first-order valence-corrected chi connectivity index (χ1v) is 10.8. The molecule has 0 atom stereocenters. The summed E-state index contributed by atoms with van der Waals surface area (Å²) in [6.45, 7) is 8.73. The van der Waals surface area contributed by atoms with E-state index in [0.29, 0.717) is 0 Å². The molecule has 0 bridgehead atoms. The first-order valence-electron chi connectivity index (χ1n) is 9.53. The molecule has 4 rings (SSSR count). The van der Waals surface area contributed by atoms with Crippen LogP contribution in [0.15, 0.2) is 53.4 Å². The fourth-order valence-corrected chi connectivity index (χ4v) is 4.33. The summed E-state index contributed by atoms with van der Waals surface area (Å²) in [6, 6.07) is 17.2. The molecule has 2 aromatic carbocycles. The van der Waals surface area contributed by atoms with Gasteiger partial charge in [0.1, 0.15) is 0 Å². The highest BCUT2D eigenvalue weighted by atomic mass is 32.2. The summed E-state index contributed by atoms with van der Waals surface area (Å²) >= 11 is 1.72. The summed E-state index contributed by atoms with van der Waals surface area (Å²) in [5, 5.41) is 8.10. The monoisotopic (exact) mass is 390 g/mol. The van der Waals surface area contributed by atoms with E-state index in [4.69, 9.17) is 4.98 Å². The predicted octanol–water partition coefficient (Wildman–Crippen LogP) is 5.64. The van der Waals surface area contributed by atoms with Gasteiger partial charge in [-0.1, -0.05) is 74.9 Å². The number of H-pyrrole nitrogens is 1. The van der Waals surface area contributed by atoms with Crippen LogP contribution in [0.1, 0.15) is 43.2 Å². The Morgan fingerprint density at radius 2 is 1.79 bits per heavy atom. The molecule has 0 amide bonds. The van der Waals surface area contributed by atoms with Gasteiger partial charge < -0.3 is 0 Å². The average molecular weight is 391 g/mol. The van der Waals surface area contributed by atoms with Gasteiger partial charge in [0.15, 0.2) is 11.5 Å². The maximum Gasteiger partial charge on any atom is 0.189 e. The summed E-state index contributed by atoms with van der Waals surface area (Å²) in [6.07, 6.45) is 3.03. The van der Waals surface area contributed by atoms with Crippen molar-refractivity contribution in [3.63, 3.8) is 0 Å². The minimum Gasteiger partial charge on any atom is -0.279 e. The molecule has 0 unspecified atom stereocenters. The molecule has 4 aromatic rings. The molecule has 4 nitrogen and oxygen atoms in total. The van der Waals surface area contributed by atoms with Gasteiger partial charge in [-0.05, 0) is 30.7 Å². The summed E-state index contributed by atoms with van der Waals surface area (Å²) in [4.78, 5) is 5.98. The highest BCUT2D eigenvalue weighted by Gasteiger charge is 2.24. The molecule has 0 spiro atoms. The van der Waals surface area contributed by atoms with E-state index in [1.807, 2.05) is 4.63 Å². The van der Waals surface area contributed by atoms with Crippen molar-refractivity contribution < 1.29 is 0 Å². The predicted molar refractivity (Wildman–Crippen MR) is 117 cm³/mol. The van der Waals surface area contributed by atoms with Gasteiger partial charge in [0.2, 0.25) is 0 Å². The van der Waals surface area contributed by atoms with Gasteiger partial charge in [0.25, 0.3) is 0 Å². The highest BCUT2D eigenvalue weighted by molar-refractivity contribution is 7.98. The maximum absolute atomic E-state index is 4.81. The fourth-order valence-electron chi connectivity index (χ4n) is 3.46. The molecule has 0 aliphatic rings. The fraction of sp³-hybridized carbons (Fsp3) is 0.304. The topological polar surface area (TPSA) is 46.0 Å². The van der Waals surface area contributed by atoms with Crippen molar-refractivity contribution in [2.75, 3.05) is 6.26 Å². The van der Waals surface area contributed by atoms with E-state index in [2.05, 4.69) is 92.7 Å². The van der Waals surface area contributed by atoms with Gasteiger partial charge in [-0.3, -0.25) is 5.10 Å².